The molecular formula is C29H34BrN3O5S. The first kappa shape index (κ1) is 30.2. The van der Waals surface area contributed by atoms with E-state index in [2.05, 4.69) is 21.2 Å². The van der Waals surface area contributed by atoms with Crippen LogP contribution in [0.2, 0.25) is 0 Å². The molecule has 1 N–H and O–H groups in total. The number of hydrogen-bond acceptors (Lipinski definition) is 5. The molecule has 0 unspecified atom stereocenters. The highest BCUT2D eigenvalue weighted by atomic mass is 79.9. The first-order valence-corrected chi connectivity index (χ1v) is 14.8. The zero-order valence-electron chi connectivity index (χ0n) is 22.6. The Hall–Kier alpha value is -3.37. The zero-order valence-corrected chi connectivity index (χ0v) is 25.0. The standard InChI is InChI=1S/C29H34BrN3O5S/c1-5-18-31-29(35)22(3)32(19-23-8-14-26(38-4)15-9-23)28(34)20-33(25-12-10-24(30)11-13-25)39(36,37)27-16-6-21(2)7-17-27/h6-17,22H,5,18-20H2,1-4H3,(H,31,35)/t22-/m1/s1. The first-order chi connectivity index (χ1) is 18.6. The average molecular weight is 617 g/mol. The maximum Gasteiger partial charge on any atom is 0.264 e. The molecule has 0 fully saturated rings. The number of amides is 2. The molecule has 0 radical (unpaired) electrons. The van der Waals surface area contributed by atoms with E-state index in [0.29, 0.717) is 18.0 Å². The molecule has 0 aromatic heterocycles. The minimum atomic E-state index is -4.10. The van der Waals surface area contributed by atoms with E-state index < -0.39 is 28.5 Å². The summed E-state index contributed by atoms with van der Waals surface area (Å²) < 4.78 is 34.7. The third-order valence-corrected chi connectivity index (χ3v) is 8.55. The van der Waals surface area contributed by atoms with Crippen LogP contribution in [-0.4, -0.2) is 51.4 Å². The number of carbonyl (C=O) groups is 2. The molecule has 208 valence electrons. The third-order valence-electron chi connectivity index (χ3n) is 6.23. The molecule has 0 saturated heterocycles. The molecule has 3 aromatic carbocycles. The summed E-state index contributed by atoms with van der Waals surface area (Å²) in [7, 11) is -2.54. The fourth-order valence-electron chi connectivity index (χ4n) is 3.88. The SMILES string of the molecule is CCCNC(=O)[C@@H](C)N(Cc1ccc(OC)cc1)C(=O)CN(c1ccc(Br)cc1)S(=O)(=O)c1ccc(C)cc1. The lowest BCUT2D eigenvalue weighted by Crippen LogP contribution is -2.51. The summed E-state index contributed by atoms with van der Waals surface area (Å²) in [5, 5.41) is 2.83. The Kier molecular flexibility index (Phi) is 10.5. The number of hydrogen-bond donors (Lipinski definition) is 1. The third kappa shape index (κ3) is 7.83. The van der Waals surface area contributed by atoms with E-state index in [1.165, 1.54) is 17.0 Å². The highest BCUT2D eigenvalue weighted by Gasteiger charge is 2.32. The molecule has 3 rings (SSSR count). The van der Waals surface area contributed by atoms with Gasteiger partial charge in [0.2, 0.25) is 11.8 Å². The number of methoxy groups -OCH3 is 1. The number of carbonyl (C=O) groups excluding carboxylic acids is 2. The summed E-state index contributed by atoms with van der Waals surface area (Å²) in [5.74, 6) is -0.158. The second-order valence-electron chi connectivity index (χ2n) is 9.14. The smallest absolute Gasteiger partial charge is 0.264 e. The van der Waals surface area contributed by atoms with Gasteiger partial charge in [0.25, 0.3) is 10.0 Å². The van der Waals surface area contributed by atoms with Crippen LogP contribution in [-0.2, 0) is 26.2 Å². The lowest BCUT2D eigenvalue weighted by Gasteiger charge is -2.32. The Morgan fingerprint density at radius 1 is 0.974 bits per heavy atom. The predicted octanol–water partition coefficient (Wildman–Crippen LogP) is 4.90. The largest absolute Gasteiger partial charge is 0.497 e. The van der Waals surface area contributed by atoms with Crippen molar-refractivity contribution >= 4 is 43.5 Å². The number of halogens is 1. The Morgan fingerprint density at radius 2 is 1.59 bits per heavy atom. The molecule has 0 heterocycles. The van der Waals surface area contributed by atoms with E-state index >= 15 is 0 Å². The number of anilines is 1. The summed E-state index contributed by atoms with van der Waals surface area (Å²) in [4.78, 5) is 28.3. The molecule has 0 aliphatic carbocycles. The van der Waals surface area contributed by atoms with Gasteiger partial charge in [-0.2, -0.15) is 0 Å². The number of aryl methyl sites for hydroxylation is 1. The average Bonchev–Trinajstić information content (AvgIpc) is 2.93. The fourth-order valence-corrected chi connectivity index (χ4v) is 5.56. The van der Waals surface area contributed by atoms with Crippen molar-refractivity contribution in [2.45, 2.75) is 44.7 Å². The fraction of sp³-hybridized carbons (Fsp3) is 0.310. The van der Waals surface area contributed by atoms with E-state index in [4.69, 9.17) is 4.74 Å². The number of rotatable bonds is 12. The lowest BCUT2D eigenvalue weighted by atomic mass is 10.1. The highest BCUT2D eigenvalue weighted by Crippen LogP contribution is 2.26. The van der Waals surface area contributed by atoms with Gasteiger partial charge >= 0.3 is 0 Å². The second kappa shape index (κ2) is 13.6. The van der Waals surface area contributed by atoms with Crippen LogP contribution in [0.25, 0.3) is 0 Å². The van der Waals surface area contributed by atoms with Crippen LogP contribution in [0.4, 0.5) is 5.69 Å². The van der Waals surface area contributed by atoms with Gasteiger partial charge in [0.15, 0.2) is 0 Å². The predicted molar refractivity (Wildman–Crippen MR) is 156 cm³/mol. The van der Waals surface area contributed by atoms with Gasteiger partial charge in [-0.25, -0.2) is 8.42 Å². The van der Waals surface area contributed by atoms with Crippen LogP contribution in [0.15, 0.2) is 82.2 Å². The van der Waals surface area contributed by atoms with E-state index in [1.807, 2.05) is 26.0 Å². The Bertz CT molecular complexity index is 1360. The molecule has 0 saturated carbocycles. The molecule has 1 atom stereocenters. The monoisotopic (exact) mass is 615 g/mol. The Balaban J connectivity index is 2.00. The van der Waals surface area contributed by atoms with Crippen molar-refractivity contribution in [1.82, 2.24) is 10.2 Å². The van der Waals surface area contributed by atoms with Crippen LogP contribution in [0.3, 0.4) is 0 Å². The molecule has 3 aromatic rings. The van der Waals surface area contributed by atoms with Gasteiger partial charge in [-0.15, -0.1) is 0 Å². The summed E-state index contributed by atoms with van der Waals surface area (Å²) in [6.45, 7) is 5.55. The van der Waals surface area contributed by atoms with Gasteiger partial charge in [0.05, 0.1) is 17.7 Å². The number of nitrogens with zero attached hydrogens (tertiary/aromatic N) is 2. The van der Waals surface area contributed by atoms with E-state index in [0.717, 1.165) is 26.3 Å². The minimum absolute atomic E-state index is 0.0688. The summed E-state index contributed by atoms with van der Waals surface area (Å²) in [6.07, 6.45) is 0.747. The lowest BCUT2D eigenvalue weighted by molar-refractivity contribution is -0.139. The van der Waals surface area contributed by atoms with Gasteiger partial charge in [-0.05, 0) is 74.4 Å². The van der Waals surface area contributed by atoms with Gasteiger partial charge in [-0.3, -0.25) is 13.9 Å². The normalized spacial score (nSPS) is 11.9. The van der Waals surface area contributed by atoms with E-state index in [1.54, 1.807) is 62.6 Å². The number of sulfonamides is 1. The highest BCUT2D eigenvalue weighted by molar-refractivity contribution is 9.10. The van der Waals surface area contributed by atoms with E-state index in [9.17, 15) is 18.0 Å². The molecule has 10 heteroatoms. The maximum absolute atomic E-state index is 13.9. The summed E-state index contributed by atoms with van der Waals surface area (Å²) in [6, 6.07) is 19.5. The quantitative estimate of drug-likeness (QED) is 0.312. The van der Waals surface area contributed by atoms with Crippen molar-refractivity contribution < 1.29 is 22.7 Å². The van der Waals surface area contributed by atoms with Gasteiger partial charge in [0.1, 0.15) is 18.3 Å². The second-order valence-corrected chi connectivity index (χ2v) is 11.9. The van der Waals surface area contributed by atoms with Gasteiger partial charge in [0, 0.05) is 17.6 Å². The Morgan fingerprint density at radius 3 is 2.15 bits per heavy atom. The van der Waals surface area contributed by atoms with Crippen LogP contribution in [0.1, 0.15) is 31.4 Å². The minimum Gasteiger partial charge on any atom is -0.497 e. The van der Waals surface area contributed by atoms with Gasteiger partial charge < -0.3 is 15.0 Å². The zero-order chi connectivity index (χ0) is 28.6. The van der Waals surface area contributed by atoms with Crippen molar-refractivity contribution in [3.8, 4) is 5.75 Å². The summed E-state index contributed by atoms with van der Waals surface area (Å²) >= 11 is 3.38. The molecule has 0 bridgehead atoms. The molecule has 39 heavy (non-hydrogen) atoms. The molecular weight excluding hydrogens is 582 g/mol. The number of nitrogens with one attached hydrogen (secondary N) is 1. The molecule has 2 amide bonds. The number of ether oxygens (including phenoxy) is 1. The topological polar surface area (TPSA) is 96.0 Å². The van der Waals surface area contributed by atoms with E-state index in [-0.39, 0.29) is 17.3 Å². The van der Waals surface area contributed by atoms with Gasteiger partial charge in [-0.1, -0.05) is 52.7 Å². The van der Waals surface area contributed by atoms with Crippen LogP contribution >= 0.6 is 15.9 Å². The van der Waals surface area contributed by atoms with Crippen LogP contribution in [0, 0.1) is 6.92 Å². The number of benzene rings is 3. The molecule has 8 nitrogen and oxygen atoms in total. The molecule has 0 aliphatic heterocycles. The summed E-state index contributed by atoms with van der Waals surface area (Å²) in [5.41, 5.74) is 2.02. The molecule has 0 aliphatic rings. The maximum atomic E-state index is 13.9. The van der Waals surface area contributed by atoms with Crippen molar-refractivity contribution in [2.24, 2.45) is 0 Å². The van der Waals surface area contributed by atoms with Crippen LogP contribution in [0.5, 0.6) is 5.75 Å². The van der Waals surface area contributed by atoms with Crippen molar-refractivity contribution in [3.05, 3.63) is 88.4 Å². The van der Waals surface area contributed by atoms with Crippen molar-refractivity contribution in [2.75, 3.05) is 24.5 Å². The molecule has 0 spiro atoms. The van der Waals surface area contributed by atoms with Crippen molar-refractivity contribution in [3.63, 3.8) is 0 Å². The van der Waals surface area contributed by atoms with Crippen LogP contribution < -0.4 is 14.4 Å². The van der Waals surface area contributed by atoms with Crippen molar-refractivity contribution in [1.29, 1.82) is 0 Å². The first-order valence-electron chi connectivity index (χ1n) is 12.6. The Labute approximate surface area is 239 Å².